The summed E-state index contributed by atoms with van der Waals surface area (Å²) >= 11 is 0. The van der Waals surface area contributed by atoms with Crippen LogP contribution in [0.3, 0.4) is 0 Å². The lowest BCUT2D eigenvalue weighted by Gasteiger charge is -2.59. The summed E-state index contributed by atoms with van der Waals surface area (Å²) in [5.74, 6) is -0.665. The Bertz CT molecular complexity index is 2650. The highest BCUT2D eigenvalue weighted by Gasteiger charge is 2.76. The number of aliphatic hydroxyl groups excluding tert-OH is 2. The van der Waals surface area contributed by atoms with Crippen LogP contribution in [0.25, 0.3) is 0 Å². The summed E-state index contributed by atoms with van der Waals surface area (Å²) in [6, 6.07) is 19.2. The van der Waals surface area contributed by atoms with Crippen molar-refractivity contribution in [1.82, 2.24) is 5.32 Å². The minimum Gasteiger partial charge on any atom is -0.466 e. The van der Waals surface area contributed by atoms with Gasteiger partial charge in [0.1, 0.15) is 5.75 Å². The molecule has 424 valence electrons. The molecule has 5 aliphatic carbocycles. The van der Waals surface area contributed by atoms with Crippen LogP contribution in [0.4, 0.5) is 0 Å². The van der Waals surface area contributed by atoms with E-state index < -0.39 is 68.2 Å². The third kappa shape index (κ3) is 13.5. The summed E-state index contributed by atoms with van der Waals surface area (Å²) in [4.78, 5) is 59.9. The number of carbonyl (C=O) groups is 3. The number of benzene rings is 2. The van der Waals surface area contributed by atoms with Crippen LogP contribution in [0.2, 0.25) is 0 Å². The van der Waals surface area contributed by atoms with Crippen LogP contribution in [0.1, 0.15) is 139 Å². The van der Waals surface area contributed by atoms with Crippen molar-refractivity contribution in [1.29, 1.82) is 0 Å². The molecule has 0 bridgehead atoms. The number of aryl methyl sites for hydroxylation is 1. The fourth-order valence-electron chi connectivity index (χ4n) is 14.3. The molecule has 1 aliphatic heterocycles. The molecule has 6 aliphatic rings. The smallest absolute Gasteiger partial charge is 0.466 e. The Balaban J connectivity index is 0.794. The SMILES string of the molecule is C[C@]12C=CC(=O)C=C1CC[C@@H]1[C@@H]2[C@@H](O)C[C@@]2(C)[C@H]1C[C@H]1O[C@@H](C3CCCCC3)O[C@]12C(=O)COC(=O)Cc1ccc[n+](Cc2cc(C(O)CNCCCCCCOCCCCc3ccccc3)ccc2OCOP(=O)(O)O)c1. The van der Waals surface area contributed by atoms with Crippen LogP contribution in [-0.4, -0.2) is 101 Å². The predicted octanol–water partition coefficient (Wildman–Crippen LogP) is 8.29. The molecule has 1 aromatic heterocycles. The molecular weight excluding hydrogens is 1020 g/mol. The van der Waals surface area contributed by atoms with Gasteiger partial charge in [0.15, 0.2) is 50.0 Å². The molecule has 3 aromatic rings. The molecule has 10 atom stereocenters. The lowest BCUT2D eigenvalue weighted by molar-refractivity contribution is -0.688. The maximum atomic E-state index is 15.1. The molecule has 78 heavy (non-hydrogen) atoms. The molecule has 1 unspecified atom stereocenters. The van der Waals surface area contributed by atoms with Gasteiger partial charge in [-0.1, -0.05) is 94.0 Å². The Labute approximate surface area is 459 Å². The normalized spacial score (nSPS) is 29.0. The highest BCUT2D eigenvalue weighted by atomic mass is 31.2. The van der Waals surface area contributed by atoms with Crippen molar-refractivity contribution in [3.63, 3.8) is 0 Å². The largest absolute Gasteiger partial charge is 0.472 e. The van der Waals surface area contributed by atoms with Crippen molar-refractivity contribution in [2.45, 2.75) is 160 Å². The molecule has 9 rings (SSSR count). The van der Waals surface area contributed by atoms with Gasteiger partial charge < -0.3 is 49.0 Å². The van der Waals surface area contributed by atoms with E-state index in [4.69, 9.17) is 23.7 Å². The first-order chi connectivity index (χ1) is 37.6. The number of hydrogen-bond acceptors (Lipinski definition) is 13. The van der Waals surface area contributed by atoms with Gasteiger partial charge in [-0.15, -0.1) is 0 Å². The predicted molar refractivity (Wildman–Crippen MR) is 289 cm³/mol. The van der Waals surface area contributed by atoms with Gasteiger partial charge in [-0.2, -0.15) is 0 Å². The molecule has 4 saturated carbocycles. The van der Waals surface area contributed by atoms with Crippen LogP contribution in [0.15, 0.2) is 96.9 Å². The number of phosphoric ester groups is 1. The molecule has 2 aromatic carbocycles. The molecule has 5 fully saturated rings. The van der Waals surface area contributed by atoms with E-state index in [1.165, 1.54) is 5.56 Å². The number of fused-ring (bicyclic) bond motifs is 7. The quantitative estimate of drug-likeness (QED) is 0.0159. The topological polar surface area (TPSA) is 220 Å². The second-order valence-corrected chi connectivity index (χ2v) is 24.5. The van der Waals surface area contributed by atoms with Gasteiger partial charge in [-0.05, 0) is 130 Å². The molecule has 2 heterocycles. The molecule has 0 radical (unpaired) electrons. The minimum absolute atomic E-state index is 0.0141. The first-order valence-electron chi connectivity index (χ1n) is 28.6. The Morgan fingerprint density at radius 2 is 1.71 bits per heavy atom. The number of Topliss-reactive ketones (excluding diaryl/α,β-unsaturated/α-hetero) is 1. The van der Waals surface area contributed by atoms with E-state index in [9.17, 15) is 34.2 Å². The number of pyridine rings is 1. The highest BCUT2D eigenvalue weighted by molar-refractivity contribution is 7.46. The van der Waals surface area contributed by atoms with E-state index in [0.29, 0.717) is 36.1 Å². The number of ether oxygens (including phenoxy) is 5. The van der Waals surface area contributed by atoms with Gasteiger partial charge in [0.05, 0.1) is 30.3 Å². The molecule has 1 saturated heterocycles. The summed E-state index contributed by atoms with van der Waals surface area (Å²) in [7, 11) is -4.82. The zero-order valence-electron chi connectivity index (χ0n) is 45.5. The van der Waals surface area contributed by atoms with Crippen molar-refractivity contribution in [2.75, 3.05) is 39.7 Å². The number of rotatable bonds is 27. The van der Waals surface area contributed by atoms with Crippen molar-refractivity contribution in [2.24, 2.45) is 34.5 Å². The first-order valence-corrected chi connectivity index (χ1v) is 30.2. The van der Waals surface area contributed by atoms with E-state index in [2.05, 4.69) is 48.0 Å². The summed E-state index contributed by atoms with van der Waals surface area (Å²) in [6.45, 7) is 5.76. The van der Waals surface area contributed by atoms with Crippen LogP contribution < -0.4 is 14.6 Å². The van der Waals surface area contributed by atoms with E-state index in [1.54, 1.807) is 54.9 Å². The van der Waals surface area contributed by atoms with E-state index in [0.717, 1.165) is 115 Å². The average Bonchev–Trinajstić information content (AvgIpc) is 2.59. The number of aromatic nitrogens is 1. The van der Waals surface area contributed by atoms with Gasteiger partial charge in [0.2, 0.25) is 5.78 Å². The number of hydrogen-bond donors (Lipinski definition) is 5. The van der Waals surface area contributed by atoms with Gasteiger partial charge in [-0.25, -0.2) is 13.7 Å². The highest BCUT2D eigenvalue weighted by Crippen LogP contribution is 2.70. The van der Waals surface area contributed by atoms with Crippen molar-refractivity contribution < 1.29 is 71.7 Å². The number of carbonyl (C=O) groups excluding carboxylic acids is 3. The monoisotopic (exact) mass is 1100 g/mol. The maximum Gasteiger partial charge on any atom is 0.472 e. The van der Waals surface area contributed by atoms with Gasteiger partial charge in [0.25, 0.3) is 0 Å². The lowest BCUT2D eigenvalue weighted by Crippen LogP contribution is -2.63. The van der Waals surface area contributed by atoms with Crippen LogP contribution in [0.5, 0.6) is 5.75 Å². The van der Waals surface area contributed by atoms with E-state index in [1.807, 2.05) is 16.7 Å². The summed E-state index contributed by atoms with van der Waals surface area (Å²) in [5.41, 5.74) is 1.49. The van der Waals surface area contributed by atoms with Crippen molar-refractivity contribution >= 4 is 25.4 Å². The van der Waals surface area contributed by atoms with Crippen LogP contribution >= 0.6 is 7.82 Å². The molecule has 0 amide bonds. The molecule has 16 nitrogen and oxygen atoms in total. The third-order valence-electron chi connectivity index (χ3n) is 18.2. The van der Waals surface area contributed by atoms with Gasteiger partial charge in [-0.3, -0.25) is 14.4 Å². The standard InChI is InChI=1S/C61H81N2O14P/c1-59-27-26-48(64)34-47(59)23-24-49-50-35-55-61(60(50,2)36-51(65)57(49)59,77-58(76-55)44-20-9-6-10-21-44)54(67)40-73-56(68)32-43-19-15-29-63(38-43)39-46-33-45(22-25-53(46)74-41-75-78(69,70)71)52(66)37-62-28-12-3-4-13-30-72-31-14-11-18-42-16-7-5-8-17-42/h5,7-8,15-17,19,22,25-27,29,33-34,38,44,49-52,55,57-58,62,65-66H,3-4,6,9-14,18,20-21,23-24,28,30-32,35-37,39-41H2,1-2H3,(H-,69,70,71)/p+1/t49-,50-,51-,52?,55+,57+,58+,59-,60-,61+/m0/s1. The first kappa shape index (κ1) is 58.2. The molecule has 5 N–H and O–H groups in total. The van der Waals surface area contributed by atoms with Crippen LogP contribution in [-0.2, 0) is 61.8 Å². The fourth-order valence-corrected chi connectivity index (χ4v) is 14.5. The number of ketones is 2. The zero-order chi connectivity index (χ0) is 54.9. The van der Waals surface area contributed by atoms with Crippen molar-refractivity contribution in [3.8, 4) is 5.75 Å². The summed E-state index contributed by atoms with van der Waals surface area (Å²) < 4.78 is 49.2. The Kier molecular flexibility index (Phi) is 19.4. The molecule has 0 spiro atoms. The van der Waals surface area contributed by atoms with Gasteiger partial charge in [0, 0.05) is 54.1 Å². The summed E-state index contributed by atoms with van der Waals surface area (Å²) in [5, 5.41) is 26.9. The fraction of sp³-hybridized carbons (Fsp3) is 0.607. The zero-order valence-corrected chi connectivity index (χ0v) is 46.4. The van der Waals surface area contributed by atoms with Gasteiger partial charge >= 0.3 is 13.8 Å². The molecular formula is C61H82N2O14P+. The van der Waals surface area contributed by atoms with Crippen molar-refractivity contribution in [3.05, 3.63) is 119 Å². The molecule has 17 heteroatoms. The van der Waals surface area contributed by atoms with E-state index in [-0.39, 0.29) is 54.0 Å². The Hall–Kier alpha value is -4.45. The number of phosphoric acid groups is 1. The number of aliphatic hydroxyl groups is 2. The maximum absolute atomic E-state index is 15.1. The minimum atomic E-state index is -4.82. The number of nitrogens with zero attached hydrogens (tertiary/aromatic N) is 1. The second kappa shape index (κ2) is 26.0. The average molecular weight is 1100 g/mol. The number of nitrogens with one attached hydrogen (secondary N) is 1. The number of esters is 1. The number of unbranched alkanes of at least 4 members (excludes halogenated alkanes) is 4. The van der Waals surface area contributed by atoms with E-state index >= 15 is 4.79 Å². The summed E-state index contributed by atoms with van der Waals surface area (Å²) in [6.07, 6.45) is 20.9. The lowest BCUT2D eigenvalue weighted by atomic mass is 9.46. The van der Waals surface area contributed by atoms with Crippen LogP contribution in [0, 0.1) is 34.5 Å². The number of allylic oxidation sites excluding steroid dienone is 4. The second-order valence-electron chi connectivity index (χ2n) is 23.3. The Morgan fingerprint density at radius 3 is 2.50 bits per heavy atom. The Morgan fingerprint density at radius 1 is 0.936 bits per heavy atom. The third-order valence-corrected chi connectivity index (χ3v) is 18.6.